The van der Waals surface area contributed by atoms with Gasteiger partial charge in [0.25, 0.3) is 5.91 Å². The fourth-order valence-electron chi connectivity index (χ4n) is 4.54. The molecule has 1 amide bonds. The van der Waals surface area contributed by atoms with Crippen LogP contribution in [0.3, 0.4) is 0 Å². The van der Waals surface area contributed by atoms with Crippen molar-refractivity contribution in [2.45, 2.75) is 25.9 Å². The van der Waals surface area contributed by atoms with E-state index in [1.165, 1.54) is 6.07 Å². The number of carbonyl (C=O) groups excluding carboxylic acids is 2. The number of carbonyl (C=O) groups is 2. The van der Waals surface area contributed by atoms with Gasteiger partial charge >= 0.3 is 0 Å². The summed E-state index contributed by atoms with van der Waals surface area (Å²) in [5.74, 6) is -1.19. The first-order valence-electron chi connectivity index (χ1n) is 10.8. The van der Waals surface area contributed by atoms with Crippen LogP contribution >= 0.6 is 11.6 Å². The molecule has 1 aliphatic carbocycles. The van der Waals surface area contributed by atoms with Gasteiger partial charge in [0, 0.05) is 40.9 Å². The lowest BCUT2D eigenvalue weighted by Crippen LogP contribution is -2.36. The van der Waals surface area contributed by atoms with Gasteiger partial charge in [-0.05, 0) is 42.3 Å². The van der Waals surface area contributed by atoms with Crippen molar-refractivity contribution in [2.75, 3.05) is 4.90 Å². The summed E-state index contributed by atoms with van der Waals surface area (Å²) in [6.07, 6.45) is 0.329. The van der Waals surface area contributed by atoms with Gasteiger partial charge in [0.15, 0.2) is 0 Å². The number of Topliss-reactive ketones (excluding diaryl/α,β-unsaturated/α-hetero) is 1. The number of halogens is 2. The van der Waals surface area contributed by atoms with E-state index in [0.29, 0.717) is 29.1 Å². The number of benzene rings is 3. The van der Waals surface area contributed by atoms with Crippen LogP contribution in [0.25, 0.3) is 5.57 Å². The summed E-state index contributed by atoms with van der Waals surface area (Å²) in [5.41, 5.74) is 4.10. The average molecular weight is 461 g/mol. The monoisotopic (exact) mass is 460 g/mol. The highest BCUT2D eigenvalue weighted by molar-refractivity contribution is 6.32. The maximum absolute atomic E-state index is 14.6. The second kappa shape index (κ2) is 8.49. The molecule has 2 aliphatic rings. The van der Waals surface area contributed by atoms with E-state index >= 15 is 0 Å². The second-order valence-electron chi connectivity index (χ2n) is 8.40. The molecule has 0 spiro atoms. The smallest absolute Gasteiger partial charge is 0.254 e. The highest BCUT2D eigenvalue weighted by Crippen LogP contribution is 2.41. The third-order valence-electron chi connectivity index (χ3n) is 6.37. The van der Waals surface area contributed by atoms with Crippen molar-refractivity contribution in [1.82, 2.24) is 5.32 Å². The van der Waals surface area contributed by atoms with Crippen LogP contribution < -0.4 is 10.2 Å². The van der Waals surface area contributed by atoms with Crippen LogP contribution in [0.4, 0.5) is 10.1 Å². The Labute approximate surface area is 196 Å². The molecular weight excluding hydrogens is 439 g/mol. The number of fused-ring (bicyclic) bond motifs is 1. The number of rotatable bonds is 5. The number of amides is 1. The minimum atomic E-state index is -0.721. The largest absolute Gasteiger partial charge is 0.344 e. The molecule has 1 saturated carbocycles. The summed E-state index contributed by atoms with van der Waals surface area (Å²) < 4.78 is 14.6. The Hall–Kier alpha value is -3.44. The Balaban J connectivity index is 1.58. The minimum Gasteiger partial charge on any atom is -0.344 e. The van der Waals surface area contributed by atoms with E-state index in [4.69, 9.17) is 11.6 Å². The Morgan fingerprint density at radius 3 is 2.45 bits per heavy atom. The van der Waals surface area contributed by atoms with Crippen molar-refractivity contribution in [1.29, 1.82) is 0 Å². The van der Waals surface area contributed by atoms with Crippen molar-refractivity contribution < 1.29 is 14.0 Å². The summed E-state index contributed by atoms with van der Waals surface area (Å²) in [6.45, 7) is 2.42. The third kappa shape index (κ3) is 3.93. The normalized spacial score (nSPS) is 18.1. The SMILES string of the molecule is CC1=C(C(=O)N[C@H](c2ccccc2F)C2CC2=O)c2cccc(Cl)c2CN1c1ccccc1. The maximum Gasteiger partial charge on any atom is 0.254 e. The molecule has 2 atom stereocenters. The van der Waals surface area contributed by atoms with Crippen LogP contribution in [0.2, 0.25) is 5.02 Å². The number of hydrogen-bond donors (Lipinski definition) is 1. The van der Waals surface area contributed by atoms with E-state index < -0.39 is 17.8 Å². The molecule has 0 saturated heterocycles. The van der Waals surface area contributed by atoms with Crippen molar-refractivity contribution in [3.05, 3.63) is 106 Å². The van der Waals surface area contributed by atoms with Crippen LogP contribution in [0.5, 0.6) is 0 Å². The standard InChI is InChI=1S/C27H22ClFN2O2/c1-16-25(27(33)30-26(20-14-24(20)32)19-10-5-6-13-23(19)29)18-11-7-12-22(28)21(18)15-31(16)17-8-3-2-4-9-17/h2-13,20,26H,14-15H2,1H3,(H,30,33)/t20?,26-/m1/s1. The summed E-state index contributed by atoms with van der Waals surface area (Å²) in [4.78, 5) is 27.8. The van der Waals surface area contributed by atoms with E-state index in [0.717, 1.165) is 22.5 Å². The number of hydrogen-bond acceptors (Lipinski definition) is 3. The van der Waals surface area contributed by atoms with Gasteiger partial charge in [0.1, 0.15) is 11.6 Å². The highest BCUT2D eigenvalue weighted by atomic mass is 35.5. The molecule has 33 heavy (non-hydrogen) atoms. The van der Waals surface area contributed by atoms with Gasteiger partial charge in [-0.2, -0.15) is 0 Å². The molecule has 1 aliphatic heterocycles. The Kier molecular flexibility index (Phi) is 5.51. The van der Waals surface area contributed by atoms with Crippen molar-refractivity contribution in [2.24, 2.45) is 5.92 Å². The molecule has 1 unspecified atom stereocenters. The predicted octanol–water partition coefficient (Wildman–Crippen LogP) is 5.68. The van der Waals surface area contributed by atoms with E-state index in [1.807, 2.05) is 60.4 Å². The van der Waals surface area contributed by atoms with Crippen LogP contribution in [0.15, 0.2) is 78.5 Å². The Morgan fingerprint density at radius 2 is 1.76 bits per heavy atom. The molecule has 1 fully saturated rings. The molecule has 166 valence electrons. The number of allylic oxidation sites excluding steroid dienone is 1. The molecule has 6 heteroatoms. The van der Waals surface area contributed by atoms with Crippen LogP contribution in [0.1, 0.15) is 36.1 Å². The molecule has 0 radical (unpaired) electrons. The van der Waals surface area contributed by atoms with E-state index in [-0.39, 0.29) is 11.7 Å². The molecule has 3 aromatic carbocycles. The van der Waals surface area contributed by atoms with Gasteiger partial charge in [-0.15, -0.1) is 0 Å². The number of anilines is 1. The van der Waals surface area contributed by atoms with Gasteiger partial charge < -0.3 is 10.2 Å². The van der Waals surface area contributed by atoms with Gasteiger partial charge in [-0.3, -0.25) is 9.59 Å². The Morgan fingerprint density at radius 1 is 1.06 bits per heavy atom. The molecule has 4 nitrogen and oxygen atoms in total. The predicted molar refractivity (Wildman–Crippen MR) is 127 cm³/mol. The van der Waals surface area contributed by atoms with Gasteiger partial charge in [-0.1, -0.05) is 60.1 Å². The molecule has 3 aromatic rings. The first kappa shape index (κ1) is 21.4. The lowest BCUT2D eigenvalue weighted by Gasteiger charge is -2.34. The minimum absolute atomic E-state index is 0.0206. The van der Waals surface area contributed by atoms with Gasteiger partial charge in [0.05, 0.1) is 11.6 Å². The zero-order valence-corrected chi connectivity index (χ0v) is 18.8. The summed E-state index contributed by atoms with van der Waals surface area (Å²) >= 11 is 6.54. The van der Waals surface area contributed by atoms with E-state index in [2.05, 4.69) is 5.32 Å². The van der Waals surface area contributed by atoms with Crippen molar-refractivity contribution >= 4 is 34.6 Å². The number of para-hydroxylation sites is 1. The molecule has 1 N–H and O–H groups in total. The fraction of sp³-hybridized carbons (Fsp3) is 0.185. The number of nitrogens with one attached hydrogen (secondary N) is 1. The summed E-state index contributed by atoms with van der Waals surface area (Å²) in [7, 11) is 0. The van der Waals surface area contributed by atoms with Crippen LogP contribution in [-0.4, -0.2) is 11.7 Å². The number of ketones is 1. The zero-order chi connectivity index (χ0) is 23.1. The lowest BCUT2D eigenvalue weighted by atomic mass is 9.91. The first-order chi connectivity index (χ1) is 16.0. The zero-order valence-electron chi connectivity index (χ0n) is 18.0. The molecular formula is C27H22ClFN2O2. The maximum atomic E-state index is 14.6. The first-order valence-corrected chi connectivity index (χ1v) is 11.2. The number of nitrogens with zero attached hydrogens (tertiary/aromatic N) is 1. The molecule has 0 aromatic heterocycles. The van der Waals surface area contributed by atoms with Gasteiger partial charge in [-0.25, -0.2) is 4.39 Å². The fourth-order valence-corrected chi connectivity index (χ4v) is 4.77. The van der Waals surface area contributed by atoms with Crippen molar-refractivity contribution in [3.63, 3.8) is 0 Å². The molecule has 1 heterocycles. The molecule has 5 rings (SSSR count). The quantitative estimate of drug-likeness (QED) is 0.533. The molecule has 0 bridgehead atoms. The van der Waals surface area contributed by atoms with Crippen LogP contribution in [-0.2, 0) is 16.1 Å². The van der Waals surface area contributed by atoms with Crippen molar-refractivity contribution in [3.8, 4) is 0 Å². The van der Waals surface area contributed by atoms with E-state index in [9.17, 15) is 14.0 Å². The van der Waals surface area contributed by atoms with Gasteiger partial charge in [0.2, 0.25) is 0 Å². The average Bonchev–Trinajstić information content (AvgIpc) is 3.54. The van der Waals surface area contributed by atoms with Crippen LogP contribution in [0, 0.1) is 11.7 Å². The van der Waals surface area contributed by atoms with E-state index in [1.54, 1.807) is 18.2 Å². The summed E-state index contributed by atoms with van der Waals surface area (Å²) in [5, 5.41) is 3.55. The third-order valence-corrected chi connectivity index (χ3v) is 6.72. The highest BCUT2D eigenvalue weighted by Gasteiger charge is 2.44. The summed E-state index contributed by atoms with van der Waals surface area (Å²) in [6, 6.07) is 20.8. The Bertz CT molecular complexity index is 1290. The lowest BCUT2D eigenvalue weighted by molar-refractivity contribution is -0.116. The topological polar surface area (TPSA) is 49.4 Å². The second-order valence-corrected chi connectivity index (χ2v) is 8.80.